The van der Waals surface area contributed by atoms with Crippen LogP contribution in [-0.4, -0.2) is 23.9 Å². The van der Waals surface area contributed by atoms with Gasteiger partial charge in [0.2, 0.25) is 11.8 Å². The maximum Gasteiger partial charge on any atom is 0.223 e. The van der Waals surface area contributed by atoms with Gasteiger partial charge in [-0.1, -0.05) is 27.7 Å². The smallest absolute Gasteiger partial charge is 0.223 e. The summed E-state index contributed by atoms with van der Waals surface area (Å²) < 4.78 is 0. The van der Waals surface area contributed by atoms with E-state index < -0.39 is 0 Å². The van der Waals surface area contributed by atoms with Crippen LogP contribution < -0.4 is 10.6 Å². The van der Waals surface area contributed by atoms with E-state index in [1.54, 1.807) is 0 Å². The zero-order chi connectivity index (χ0) is 20.3. The van der Waals surface area contributed by atoms with E-state index in [4.69, 9.17) is 0 Å². The lowest BCUT2D eigenvalue weighted by Gasteiger charge is -2.35. The summed E-state index contributed by atoms with van der Waals surface area (Å²) in [5.74, 6) is 3.77. The fourth-order valence-corrected chi connectivity index (χ4v) is 5.59. The zero-order valence-corrected chi connectivity index (χ0v) is 18.5. The van der Waals surface area contributed by atoms with Gasteiger partial charge in [0.05, 0.1) is 0 Å². The molecule has 4 heteroatoms. The molecule has 6 atom stereocenters. The number of rotatable bonds is 4. The predicted molar refractivity (Wildman–Crippen MR) is 114 cm³/mol. The first-order valence-corrected chi connectivity index (χ1v) is 11.9. The standard InChI is InChI=1S/C24H42N2O2/c1-15-5-7-19(13-17(15)3)23(27)25-21-9-11-22(12-10-21)26-24(28)20-8-6-16(2)18(4)14-20/h15-22H,5-14H2,1-4H3,(H,25,27)(H,26,28). The Morgan fingerprint density at radius 3 is 1.21 bits per heavy atom. The molecule has 28 heavy (non-hydrogen) atoms. The number of amides is 2. The third-order valence-corrected chi connectivity index (χ3v) is 8.36. The van der Waals surface area contributed by atoms with Crippen LogP contribution in [0, 0.1) is 35.5 Å². The summed E-state index contributed by atoms with van der Waals surface area (Å²) in [4.78, 5) is 25.3. The molecule has 0 heterocycles. The molecule has 3 saturated carbocycles. The maximum absolute atomic E-state index is 12.7. The zero-order valence-electron chi connectivity index (χ0n) is 18.5. The molecule has 6 unspecified atom stereocenters. The van der Waals surface area contributed by atoms with Crippen LogP contribution in [-0.2, 0) is 9.59 Å². The molecule has 0 saturated heterocycles. The third kappa shape index (κ3) is 5.51. The molecule has 0 aromatic carbocycles. The summed E-state index contributed by atoms with van der Waals surface area (Å²) in [6.45, 7) is 9.18. The van der Waals surface area contributed by atoms with Crippen molar-refractivity contribution in [1.82, 2.24) is 10.6 Å². The van der Waals surface area contributed by atoms with E-state index >= 15 is 0 Å². The highest BCUT2D eigenvalue weighted by atomic mass is 16.2. The Kier molecular flexibility index (Phi) is 7.44. The maximum atomic E-state index is 12.7. The summed E-state index contributed by atoms with van der Waals surface area (Å²) in [6, 6.07) is 0.594. The second-order valence-corrected chi connectivity index (χ2v) is 10.5. The first-order valence-electron chi connectivity index (χ1n) is 11.9. The Labute approximate surface area is 172 Å². The second-order valence-electron chi connectivity index (χ2n) is 10.5. The van der Waals surface area contributed by atoms with Crippen molar-refractivity contribution in [3.8, 4) is 0 Å². The van der Waals surface area contributed by atoms with Gasteiger partial charge in [-0.2, -0.15) is 0 Å². The van der Waals surface area contributed by atoms with E-state index in [1.165, 1.54) is 12.8 Å². The van der Waals surface area contributed by atoms with Crippen molar-refractivity contribution in [2.75, 3.05) is 0 Å². The lowest BCUT2D eigenvalue weighted by molar-refractivity contribution is -0.129. The summed E-state index contributed by atoms with van der Waals surface area (Å²) in [6.07, 6.45) is 10.5. The summed E-state index contributed by atoms with van der Waals surface area (Å²) >= 11 is 0. The van der Waals surface area contributed by atoms with E-state index in [0.29, 0.717) is 23.9 Å². The van der Waals surface area contributed by atoms with Gasteiger partial charge in [-0.25, -0.2) is 0 Å². The van der Waals surface area contributed by atoms with Gasteiger partial charge >= 0.3 is 0 Å². The summed E-state index contributed by atoms with van der Waals surface area (Å²) in [5.41, 5.74) is 0. The van der Waals surface area contributed by atoms with Crippen molar-refractivity contribution in [2.24, 2.45) is 35.5 Å². The molecular weight excluding hydrogens is 348 g/mol. The molecule has 160 valence electrons. The number of carbonyl (C=O) groups is 2. The molecular formula is C24H42N2O2. The van der Waals surface area contributed by atoms with Gasteiger partial charge in [0.25, 0.3) is 0 Å². The Hall–Kier alpha value is -1.06. The first kappa shape index (κ1) is 21.6. The molecule has 0 aromatic heterocycles. The van der Waals surface area contributed by atoms with E-state index in [1.807, 2.05) is 0 Å². The van der Waals surface area contributed by atoms with Crippen LogP contribution in [0.3, 0.4) is 0 Å². The van der Waals surface area contributed by atoms with E-state index in [2.05, 4.69) is 38.3 Å². The molecule has 0 radical (unpaired) electrons. The monoisotopic (exact) mass is 390 g/mol. The molecule has 0 spiro atoms. The minimum absolute atomic E-state index is 0.208. The molecule has 0 aliphatic heterocycles. The largest absolute Gasteiger partial charge is 0.353 e. The van der Waals surface area contributed by atoms with Crippen molar-refractivity contribution < 1.29 is 9.59 Å². The fraction of sp³-hybridized carbons (Fsp3) is 0.917. The van der Waals surface area contributed by atoms with E-state index in [9.17, 15) is 9.59 Å². The highest BCUT2D eigenvalue weighted by Crippen LogP contribution is 2.35. The normalized spacial score (nSPS) is 41.9. The molecule has 0 aromatic rings. The minimum Gasteiger partial charge on any atom is -0.353 e. The van der Waals surface area contributed by atoms with Gasteiger partial charge in [0, 0.05) is 23.9 Å². The van der Waals surface area contributed by atoms with Crippen LogP contribution in [0.25, 0.3) is 0 Å². The third-order valence-electron chi connectivity index (χ3n) is 8.36. The lowest BCUT2D eigenvalue weighted by atomic mass is 9.75. The van der Waals surface area contributed by atoms with Crippen molar-refractivity contribution >= 4 is 11.8 Å². The molecule has 2 amide bonds. The van der Waals surface area contributed by atoms with Gasteiger partial charge < -0.3 is 10.6 Å². The number of nitrogens with one attached hydrogen (secondary N) is 2. The molecule has 2 N–H and O–H groups in total. The molecule has 0 bridgehead atoms. The van der Waals surface area contributed by atoms with E-state index in [-0.39, 0.29) is 23.7 Å². The topological polar surface area (TPSA) is 58.2 Å². The first-order chi connectivity index (χ1) is 13.3. The van der Waals surface area contributed by atoms with Gasteiger partial charge in [0.1, 0.15) is 0 Å². The SMILES string of the molecule is CC1CCC(C(=O)NC2CCC(NC(=O)C3CCC(C)C(C)C3)CC2)CC1C. The fourth-order valence-electron chi connectivity index (χ4n) is 5.59. The number of carbonyl (C=O) groups excluding carboxylic acids is 2. The molecule has 4 nitrogen and oxygen atoms in total. The summed E-state index contributed by atoms with van der Waals surface area (Å²) in [5, 5.41) is 6.64. The Bertz CT molecular complexity index is 493. The number of hydrogen-bond acceptors (Lipinski definition) is 2. The van der Waals surface area contributed by atoms with Crippen molar-refractivity contribution in [2.45, 2.75) is 104 Å². The Morgan fingerprint density at radius 1 is 0.536 bits per heavy atom. The van der Waals surface area contributed by atoms with Crippen molar-refractivity contribution in [1.29, 1.82) is 0 Å². The quantitative estimate of drug-likeness (QED) is 0.732. The highest BCUT2D eigenvalue weighted by molar-refractivity contribution is 5.79. The molecule has 3 aliphatic carbocycles. The highest BCUT2D eigenvalue weighted by Gasteiger charge is 2.33. The van der Waals surface area contributed by atoms with Crippen LogP contribution in [0.15, 0.2) is 0 Å². The minimum atomic E-state index is 0.208. The Morgan fingerprint density at radius 2 is 0.893 bits per heavy atom. The number of hydrogen-bond donors (Lipinski definition) is 2. The van der Waals surface area contributed by atoms with Crippen LogP contribution in [0.4, 0.5) is 0 Å². The average Bonchev–Trinajstić information content (AvgIpc) is 2.67. The van der Waals surface area contributed by atoms with Crippen LogP contribution in [0.1, 0.15) is 91.9 Å². The van der Waals surface area contributed by atoms with Crippen LogP contribution in [0.2, 0.25) is 0 Å². The van der Waals surface area contributed by atoms with Gasteiger partial charge in [-0.15, -0.1) is 0 Å². The average molecular weight is 391 g/mol. The van der Waals surface area contributed by atoms with Gasteiger partial charge in [-0.3, -0.25) is 9.59 Å². The lowest BCUT2D eigenvalue weighted by Crippen LogP contribution is -2.47. The van der Waals surface area contributed by atoms with Crippen LogP contribution >= 0.6 is 0 Å². The van der Waals surface area contributed by atoms with Crippen LogP contribution in [0.5, 0.6) is 0 Å². The van der Waals surface area contributed by atoms with Gasteiger partial charge in [0.15, 0.2) is 0 Å². The van der Waals surface area contributed by atoms with Gasteiger partial charge in [-0.05, 0) is 87.9 Å². The van der Waals surface area contributed by atoms with Crippen molar-refractivity contribution in [3.05, 3.63) is 0 Å². The summed E-state index contributed by atoms with van der Waals surface area (Å²) in [7, 11) is 0. The molecule has 3 fully saturated rings. The van der Waals surface area contributed by atoms with E-state index in [0.717, 1.165) is 63.2 Å². The Balaban J connectivity index is 1.37. The predicted octanol–water partition coefficient (Wildman–Crippen LogP) is 4.67. The molecule has 3 rings (SSSR count). The second kappa shape index (κ2) is 9.63. The molecule has 3 aliphatic rings. The van der Waals surface area contributed by atoms with Crippen molar-refractivity contribution in [3.63, 3.8) is 0 Å².